The third-order valence-electron chi connectivity index (χ3n) is 14.2. The number of hydrogen-bond donors (Lipinski definition) is 2. The Hall–Kier alpha value is -4.73. The van der Waals surface area contributed by atoms with Crippen molar-refractivity contribution in [2.24, 2.45) is 0 Å². The minimum atomic E-state index is -0.252. The molecule has 2 N–H and O–H groups in total. The van der Waals surface area contributed by atoms with E-state index >= 15 is 0 Å². The summed E-state index contributed by atoms with van der Waals surface area (Å²) in [4.78, 5) is 8.89. The van der Waals surface area contributed by atoms with Gasteiger partial charge in [0, 0.05) is 55.8 Å². The maximum Gasteiger partial charge on any atom is 0.141 e. The zero-order valence-electron chi connectivity index (χ0n) is 38.3. The second-order valence-corrected chi connectivity index (χ2v) is 19.5. The van der Waals surface area contributed by atoms with Crippen molar-refractivity contribution in [3.8, 4) is 0 Å². The molecule has 3 aliphatic heterocycles. The van der Waals surface area contributed by atoms with Crippen LogP contribution in [0.3, 0.4) is 0 Å². The molecular formula is C56H62BrClFN5O. The quantitative estimate of drug-likeness (QED) is 0.106. The van der Waals surface area contributed by atoms with Crippen LogP contribution in [0.25, 0.3) is 53.9 Å². The lowest BCUT2D eigenvalue weighted by atomic mass is 9.83. The number of aryl methyl sites for hydroxylation is 2. The van der Waals surface area contributed by atoms with E-state index in [0.29, 0.717) is 23.5 Å². The highest BCUT2D eigenvalue weighted by molar-refractivity contribution is 9.15. The zero-order chi connectivity index (χ0) is 45.0. The fourth-order valence-corrected chi connectivity index (χ4v) is 11.7. The van der Waals surface area contributed by atoms with Gasteiger partial charge in [0.15, 0.2) is 0 Å². The first kappa shape index (κ1) is 45.4. The first-order valence-electron chi connectivity index (χ1n) is 24.0. The molecule has 5 heterocycles. The summed E-state index contributed by atoms with van der Waals surface area (Å²) in [6.07, 6.45) is 11.9. The Kier molecular flexibility index (Phi) is 14.3. The molecule has 2 atom stereocenters. The SMILES string of the molecule is CCO/C(=C(\Br)c1cc(C)cc2ccccc12)c1ccc2n[nH]c(C3CCN4CCCCC4C3)c2c1.CCc1[nH]c2ccc(/C=C(\Cl)c3ccc(F)cc3)cc2c1C1CCN(CC)CC1. The first-order valence-corrected chi connectivity index (χ1v) is 25.1. The summed E-state index contributed by atoms with van der Waals surface area (Å²) in [6, 6.07) is 33.1. The van der Waals surface area contributed by atoms with Crippen molar-refractivity contribution in [2.45, 2.75) is 96.9 Å². The number of piperidine rings is 3. The Bertz CT molecular complexity index is 2840. The van der Waals surface area contributed by atoms with E-state index in [-0.39, 0.29) is 5.82 Å². The highest BCUT2D eigenvalue weighted by Gasteiger charge is 2.32. The maximum atomic E-state index is 13.2. The van der Waals surface area contributed by atoms with Gasteiger partial charge in [-0.2, -0.15) is 5.10 Å². The number of hydrogen-bond acceptors (Lipinski definition) is 4. The Morgan fingerprint density at radius 1 is 0.831 bits per heavy atom. The van der Waals surface area contributed by atoms with Gasteiger partial charge in [0.05, 0.1) is 16.6 Å². The summed E-state index contributed by atoms with van der Waals surface area (Å²) >= 11 is 10.5. The van der Waals surface area contributed by atoms with Crippen molar-refractivity contribution in [3.05, 3.63) is 148 Å². The second kappa shape index (κ2) is 20.4. The minimum absolute atomic E-state index is 0.252. The topological polar surface area (TPSA) is 60.2 Å². The fourth-order valence-electron chi connectivity index (χ4n) is 10.8. The van der Waals surface area contributed by atoms with Crippen molar-refractivity contribution in [1.82, 2.24) is 25.0 Å². The molecule has 7 aromatic rings. The van der Waals surface area contributed by atoms with E-state index in [1.165, 1.54) is 133 Å². The van der Waals surface area contributed by atoms with Crippen LogP contribution in [0.5, 0.6) is 0 Å². The van der Waals surface area contributed by atoms with E-state index in [1.807, 2.05) is 13.0 Å². The summed E-state index contributed by atoms with van der Waals surface area (Å²) in [5.41, 5.74) is 11.8. The number of fused-ring (bicyclic) bond motifs is 4. The molecule has 0 saturated carbocycles. The van der Waals surface area contributed by atoms with Crippen LogP contribution < -0.4 is 0 Å². The normalized spacial score (nSPS) is 19.3. The Morgan fingerprint density at radius 2 is 1.62 bits per heavy atom. The van der Waals surface area contributed by atoms with Gasteiger partial charge in [-0.3, -0.25) is 5.10 Å². The van der Waals surface area contributed by atoms with Crippen LogP contribution in [0.2, 0.25) is 0 Å². The third-order valence-corrected chi connectivity index (χ3v) is 15.3. The maximum absolute atomic E-state index is 13.2. The van der Waals surface area contributed by atoms with Gasteiger partial charge in [0.25, 0.3) is 0 Å². The molecule has 2 aromatic heterocycles. The number of halogens is 3. The molecule has 3 saturated heterocycles. The van der Waals surface area contributed by atoms with Crippen molar-refractivity contribution in [2.75, 3.05) is 39.3 Å². The zero-order valence-corrected chi connectivity index (χ0v) is 40.7. The molecule has 65 heavy (non-hydrogen) atoms. The minimum Gasteiger partial charge on any atom is -0.492 e. The molecule has 0 spiro atoms. The number of likely N-dealkylation sites (tertiary alicyclic amines) is 1. The summed E-state index contributed by atoms with van der Waals surface area (Å²) in [5, 5.41) is 13.7. The molecule has 0 aliphatic carbocycles. The Balaban J connectivity index is 0.000000168. The monoisotopic (exact) mass is 953 g/mol. The Labute approximate surface area is 397 Å². The molecule has 3 fully saturated rings. The standard InChI is InChI=1S/C31H34BrN3O.C25H28ClFN2/c1-3-36-31(29(32)26-17-20(2)16-21-8-4-5-10-25(21)26)23-11-12-28-27(19-23)30(34-33-28)22-13-15-35-14-7-6-9-24(35)18-22;1-3-23-25(19-11-13-29(4-2)14-12-19)21-15-17(5-10-24(21)28-23)16-22(26)18-6-8-20(27)9-7-18/h4-5,8,10-12,16-17,19,22,24H,3,6-7,9,13-15,18H2,1-2H3,(H,33,34);5-10,15-16,19,28H,3-4,11-14H2,1-2H3/b31-29-;22-16-. The van der Waals surface area contributed by atoms with Crippen molar-refractivity contribution in [3.63, 3.8) is 0 Å². The van der Waals surface area contributed by atoms with Crippen molar-refractivity contribution in [1.29, 1.82) is 0 Å². The highest BCUT2D eigenvalue weighted by Crippen LogP contribution is 2.41. The average Bonchev–Trinajstić information content (AvgIpc) is 3.94. The number of H-pyrrole nitrogens is 2. The van der Waals surface area contributed by atoms with E-state index in [0.717, 1.165) is 57.0 Å². The van der Waals surface area contributed by atoms with Gasteiger partial charge in [-0.05, 0) is 195 Å². The van der Waals surface area contributed by atoms with Crippen LogP contribution in [0.15, 0.2) is 97.1 Å². The molecule has 10 rings (SSSR count). The number of rotatable bonds is 10. The van der Waals surface area contributed by atoms with Crippen LogP contribution in [-0.4, -0.2) is 70.4 Å². The van der Waals surface area contributed by atoms with Gasteiger partial charge < -0.3 is 19.5 Å². The largest absolute Gasteiger partial charge is 0.492 e. The van der Waals surface area contributed by atoms with Gasteiger partial charge in [-0.1, -0.05) is 86.5 Å². The Morgan fingerprint density at radius 3 is 2.40 bits per heavy atom. The highest BCUT2D eigenvalue weighted by atomic mass is 79.9. The van der Waals surface area contributed by atoms with Gasteiger partial charge >= 0.3 is 0 Å². The van der Waals surface area contributed by atoms with Crippen LogP contribution in [0.4, 0.5) is 4.39 Å². The average molecular weight is 956 g/mol. The van der Waals surface area contributed by atoms with Crippen LogP contribution in [-0.2, 0) is 11.2 Å². The number of aromatic nitrogens is 3. The van der Waals surface area contributed by atoms with Crippen LogP contribution >= 0.6 is 27.5 Å². The predicted octanol–water partition coefficient (Wildman–Crippen LogP) is 14.8. The van der Waals surface area contributed by atoms with Gasteiger partial charge in [0.1, 0.15) is 11.6 Å². The van der Waals surface area contributed by atoms with Gasteiger partial charge in [-0.25, -0.2) is 4.39 Å². The third kappa shape index (κ3) is 9.88. The number of aromatic amines is 2. The smallest absolute Gasteiger partial charge is 0.141 e. The van der Waals surface area contributed by atoms with E-state index in [9.17, 15) is 4.39 Å². The molecule has 0 amide bonds. The van der Waals surface area contributed by atoms with E-state index in [1.54, 1.807) is 12.1 Å². The number of nitrogens with one attached hydrogen (secondary N) is 2. The number of benzene rings is 5. The summed E-state index contributed by atoms with van der Waals surface area (Å²) < 4.78 is 20.5. The molecule has 6 nitrogen and oxygen atoms in total. The second-order valence-electron chi connectivity index (χ2n) is 18.3. The molecule has 5 aromatic carbocycles. The van der Waals surface area contributed by atoms with E-state index in [2.05, 4.69) is 129 Å². The summed E-state index contributed by atoms with van der Waals surface area (Å²) in [7, 11) is 0. The lowest BCUT2D eigenvalue weighted by molar-refractivity contribution is 0.0968. The molecule has 2 unspecified atom stereocenters. The molecule has 0 bridgehead atoms. The van der Waals surface area contributed by atoms with Crippen molar-refractivity contribution >= 4 is 81.5 Å². The van der Waals surface area contributed by atoms with Crippen molar-refractivity contribution < 1.29 is 9.13 Å². The first-order chi connectivity index (χ1) is 31.7. The van der Waals surface area contributed by atoms with Gasteiger partial charge in [0.2, 0.25) is 0 Å². The lowest BCUT2D eigenvalue weighted by Crippen LogP contribution is -2.44. The van der Waals surface area contributed by atoms with Gasteiger partial charge in [-0.15, -0.1) is 0 Å². The molecule has 3 aliphatic rings. The predicted molar refractivity (Wildman–Crippen MR) is 275 cm³/mol. The number of ether oxygens (including phenoxy) is 1. The molecular weight excluding hydrogens is 893 g/mol. The molecule has 338 valence electrons. The fraction of sp³-hybridized carbons (Fsp3) is 0.375. The molecule has 0 radical (unpaired) electrons. The van der Waals surface area contributed by atoms with E-state index < -0.39 is 0 Å². The van der Waals surface area contributed by atoms with Crippen LogP contribution in [0.1, 0.15) is 122 Å². The number of nitrogens with zero attached hydrogens (tertiary/aromatic N) is 3. The summed E-state index contributed by atoms with van der Waals surface area (Å²) in [5.74, 6) is 1.77. The lowest BCUT2D eigenvalue weighted by Gasteiger charge is -2.42. The summed E-state index contributed by atoms with van der Waals surface area (Å²) in [6.45, 7) is 15.2. The molecule has 9 heteroatoms. The van der Waals surface area contributed by atoms with Crippen LogP contribution in [0, 0.1) is 12.7 Å². The van der Waals surface area contributed by atoms with E-state index in [4.69, 9.17) is 21.4 Å².